The van der Waals surface area contributed by atoms with E-state index in [-0.39, 0.29) is 11.9 Å². The normalized spacial score (nSPS) is 22.7. The Labute approximate surface area is 125 Å². The largest absolute Gasteiger partial charge is 0.466 e. The van der Waals surface area contributed by atoms with Gasteiger partial charge < -0.3 is 9.64 Å². The van der Waals surface area contributed by atoms with Gasteiger partial charge in [0.25, 0.3) is 0 Å². The summed E-state index contributed by atoms with van der Waals surface area (Å²) in [5, 5.41) is 0. The van der Waals surface area contributed by atoms with Gasteiger partial charge in [0.05, 0.1) is 12.5 Å². The van der Waals surface area contributed by atoms with Gasteiger partial charge in [-0.25, -0.2) is 9.97 Å². The highest BCUT2D eigenvalue weighted by Gasteiger charge is 2.28. The lowest BCUT2D eigenvalue weighted by molar-refractivity contribution is -0.148. The fourth-order valence-corrected chi connectivity index (χ4v) is 3.10. The van der Waals surface area contributed by atoms with Crippen LogP contribution in [0.25, 0.3) is 0 Å². The van der Waals surface area contributed by atoms with Gasteiger partial charge in [-0.2, -0.15) is 0 Å². The Kier molecular flexibility index (Phi) is 4.36. The van der Waals surface area contributed by atoms with E-state index in [2.05, 4.69) is 20.9 Å². The monoisotopic (exact) mass is 289 g/mol. The van der Waals surface area contributed by atoms with Gasteiger partial charge in [-0.15, -0.1) is 0 Å². The van der Waals surface area contributed by atoms with Crippen LogP contribution < -0.4 is 4.90 Å². The summed E-state index contributed by atoms with van der Waals surface area (Å²) in [4.78, 5) is 22.9. The van der Waals surface area contributed by atoms with E-state index in [1.165, 1.54) is 19.3 Å². The highest BCUT2D eigenvalue weighted by molar-refractivity contribution is 5.73. The third-order valence-electron chi connectivity index (χ3n) is 4.56. The minimum atomic E-state index is -0.0736. The first-order valence-electron chi connectivity index (χ1n) is 8.01. The number of carbonyl (C=O) groups excluding carboxylic acids is 1. The number of piperidine rings is 1. The smallest absolute Gasteiger partial charge is 0.310 e. The maximum atomic E-state index is 11.9. The van der Waals surface area contributed by atoms with Crippen molar-refractivity contribution >= 4 is 11.8 Å². The second-order valence-electron chi connectivity index (χ2n) is 5.97. The molecule has 1 atom stereocenters. The third kappa shape index (κ3) is 3.17. The first-order valence-corrected chi connectivity index (χ1v) is 8.01. The summed E-state index contributed by atoms with van der Waals surface area (Å²) in [7, 11) is 0. The number of hydrogen-bond donors (Lipinski definition) is 0. The van der Waals surface area contributed by atoms with Crippen LogP contribution in [0.3, 0.4) is 0 Å². The van der Waals surface area contributed by atoms with Crippen LogP contribution in [0, 0.1) is 5.92 Å². The van der Waals surface area contributed by atoms with Crippen molar-refractivity contribution in [3.63, 3.8) is 0 Å². The number of ether oxygens (including phenoxy) is 1. The van der Waals surface area contributed by atoms with E-state index in [9.17, 15) is 4.79 Å². The van der Waals surface area contributed by atoms with E-state index < -0.39 is 0 Å². The van der Waals surface area contributed by atoms with Gasteiger partial charge in [0, 0.05) is 30.8 Å². The first kappa shape index (κ1) is 14.3. The Balaban J connectivity index is 1.69. The fraction of sp³-hybridized carbons (Fsp3) is 0.688. The molecule has 0 spiro atoms. The molecule has 1 aromatic heterocycles. The Morgan fingerprint density at radius 2 is 2.19 bits per heavy atom. The van der Waals surface area contributed by atoms with Crippen molar-refractivity contribution in [1.29, 1.82) is 0 Å². The van der Waals surface area contributed by atoms with Gasteiger partial charge in [0.2, 0.25) is 0 Å². The second-order valence-corrected chi connectivity index (χ2v) is 5.97. The summed E-state index contributed by atoms with van der Waals surface area (Å²) in [5.41, 5.74) is 1.16. The van der Waals surface area contributed by atoms with E-state index in [1.807, 2.05) is 6.92 Å². The van der Waals surface area contributed by atoms with Crippen molar-refractivity contribution < 1.29 is 9.53 Å². The van der Waals surface area contributed by atoms with Gasteiger partial charge in [-0.1, -0.05) is 6.42 Å². The van der Waals surface area contributed by atoms with Crippen LogP contribution in [-0.2, 0) is 9.53 Å². The maximum absolute atomic E-state index is 11.9. The molecule has 2 fully saturated rings. The summed E-state index contributed by atoms with van der Waals surface area (Å²) < 4.78 is 5.16. The lowest BCUT2D eigenvalue weighted by atomic mass is 9.83. The van der Waals surface area contributed by atoms with E-state index >= 15 is 0 Å². The molecule has 5 heteroatoms. The van der Waals surface area contributed by atoms with E-state index in [0.717, 1.165) is 30.9 Å². The maximum Gasteiger partial charge on any atom is 0.310 e. The SMILES string of the molecule is CCOC(=O)C1CCCN(c2cc(C3CCC3)ncn2)C1. The number of hydrogen-bond acceptors (Lipinski definition) is 5. The molecule has 0 aromatic carbocycles. The van der Waals surface area contributed by atoms with Crippen molar-refractivity contribution in [3.05, 3.63) is 18.1 Å². The quantitative estimate of drug-likeness (QED) is 0.797. The lowest BCUT2D eigenvalue weighted by Gasteiger charge is -2.33. The molecule has 114 valence electrons. The average molecular weight is 289 g/mol. The summed E-state index contributed by atoms with van der Waals surface area (Å²) in [6.07, 6.45) is 7.36. The van der Waals surface area contributed by atoms with E-state index in [1.54, 1.807) is 6.33 Å². The van der Waals surface area contributed by atoms with Crippen LogP contribution >= 0.6 is 0 Å². The Morgan fingerprint density at radius 3 is 2.90 bits per heavy atom. The van der Waals surface area contributed by atoms with Crippen molar-refractivity contribution in [1.82, 2.24) is 9.97 Å². The van der Waals surface area contributed by atoms with Crippen LogP contribution in [-0.4, -0.2) is 35.6 Å². The number of anilines is 1. The number of aromatic nitrogens is 2. The topological polar surface area (TPSA) is 55.3 Å². The molecule has 1 saturated heterocycles. The zero-order chi connectivity index (χ0) is 14.7. The number of nitrogens with zero attached hydrogens (tertiary/aromatic N) is 3. The molecule has 1 aromatic rings. The van der Waals surface area contributed by atoms with Crippen LogP contribution in [0.2, 0.25) is 0 Å². The molecule has 2 aliphatic rings. The summed E-state index contributed by atoms with van der Waals surface area (Å²) >= 11 is 0. The molecule has 0 bridgehead atoms. The molecule has 0 radical (unpaired) electrons. The predicted molar refractivity (Wildman–Crippen MR) is 80.2 cm³/mol. The minimum absolute atomic E-state index is 0.0270. The van der Waals surface area contributed by atoms with E-state index in [4.69, 9.17) is 4.74 Å². The fourth-order valence-electron chi connectivity index (χ4n) is 3.10. The molecule has 0 amide bonds. The first-order chi connectivity index (χ1) is 10.3. The van der Waals surface area contributed by atoms with Crippen LogP contribution in [0.5, 0.6) is 0 Å². The molecular formula is C16H23N3O2. The van der Waals surface area contributed by atoms with Crippen molar-refractivity contribution in [2.45, 2.75) is 44.9 Å². The standard InChI is InChI=1S/C16H23N3O2/c1-2-21-16(20)13-7-4-8-19(10-13)15-9-14(17-11-18-15)12-5-3-6-12/h9,11-13H,2-8,10H2,1H3. The van der Waals surface area contributed by atoms with Gasteiger partial charge in [-0.05, 0) is 32.6 Å². The van der Waals surface area contributed by atoms with Crippen LogP contribution in [0.15, 0.2) is 12.4 Å². The highest BCUT2D eigenvalue weighted by Crippen LogP contribution is 2.36. The lowest BCUT2D eigenvalue weighted by Crippen LogP contribution is -2.40. The van der Waals surface area contributed by atoms with Gasteiger partial charge in [0.1, 0.15) is 12.1 Å². The number of carbonyl (C=O) groups is 1. The molecule has 21 heavy (non-hydrogen) atoms. The van der Waals surface area contributed by atoms with Crippen molar-refractivity contribution in [2.24, 2.45) is 5.92 Å². The highest BCUT2D eigenvalue weighted by atomic mass is 16.5. The molecule has 0 N–H and O–H groups in total. The molecular weight excluding hydrogens is 266 g/mol. The average Bonchev–Trinajstić information content (AvgIpc) is 2.46. The summed E-state index contributed by atoms with van der Waals surface area (Å²) in [5.74, 6) is 1.47. The van der Waals surface area contributed by atoms with Crippen molar-refractivity contribution in [3.8, 4) is 0 Å². The molecule has 1 saturated carbocycles. The van der Waals surface area contributed by atoms with Crippen LogP contribution in [0.4, 0.5) is 5.82 Å². The van der Waals surface area contributed by atoms with Crippen molar-refractivity contribution in [2.75, 3.05) is 24.6 Å². The minimum Gasteiger partial charge on any atom is -0.466 e. The van der Waals surface area contributed by atoms with Gasteiger partial charge in [-0.3, -0.25) is 4.79 Å². The zero-order valence-electron chi connectivity index (χ0n) is 12.6. The van der Waals surface area contributed by atoms with Gasteiger partial charge >= 0.3 is 5.97 Å². The molecule has 5 nitrogen and oxygen atoms in total. The molecule has 2 heterocycles. The molecule has 1 aliphatic heterocycles. The van der Waals surface area contributed by atoms with E-state index in [0.29, 0.717) is 19.1 Å². The molecule has 1 aliphatic carbocycles. The van der Waals surface area contributed by atoms with Gasteiger partial charge in [0.15, 0.2) is 0 Å². The molecule has 1 unspecified atom stereocenters. The number of esters is 1. The Hall–Kier alpha value is -1.65. The zero-order valence-corrected chi connectivity index (χ0v) is 12.6. The Bertz CT molecular complexity index is 502. The summed E-state index contributed by atoms with van der Waals surface area (Å²) in [6, 6.07) is 2.11. The third-order valence-corrected chi connectivity index (χ3v) is 4.56. The summed E-state index contributed by atoms with van der Waals surface area (Å²) in [6.45, 7) is 3.97. The Morgan fingerprint density at radius 1 is 1.33 bits per heavy atom. The number of rotatable bonds is 4. The van der Waals surface area contributed by atoms with Crippen LogP contribution in [0.1, 0.15) is 50.6 Å². The predicted octanol–water partition coefficient (Wildman–Crippen LogP) is 2.52. The molecule has 3 rings (SSSR count). The second kappa shape index (κ2) is 6.41.